The van der Waals surface area contributed by atoms with Gasteiger partial charge in [-0.1, -0.05) is 44.2 Å². The molecule has 27 heavy (non-hydrogen) atoms. The van der Waals surface area contributed by atoms with Crippen LogP contribution in [0.5, 0.6) is 0 Å². The van der Waals surface area contributed by atoms with Gasteiger partial charge < -0.3 is 11.1 Å². The summed E-state index contributed by atoms with van der Waals surface area (Å²) in [5.74, 6) is -0.209. The Morgan fingerprint density at radius 3 is 2.67 bits per heavy atom. The Morgan fingerprint density at radius 2 is 2.04 bits per heavy atom. The van der Waals surface area contributed by atoms with Gasteiger partial charge >= 0.3 is 0 Å². The molecule has 1 amide bonds. The molecule has 1 atom stereocenters. The fraction of sp³-hybridized carbons (Fsp3) is 0.526. The summed E-state index contributed by atoms with van der Waals surface area (Å²) in [5, 5.41) is 12.4. The topological polar surface area (TPSA) is 84.1 Å². The largest absolute Gasteiger partial charge is 0.327 e. The van der Waals surface area contributed by atoms with Crippen LogP contribution in [0.25, 0.3) is 0 Å². The van der Waals surface area contributed by atoms with E-state index < -0.39 is 0 Å². The number of carbonyl (C=O) groups is 1. The van der Waals surface area contributed by atoms with E-state index in [1.807, 2.05) is 24.3 Å². The van der Waals surface area contributed by atoms with E-state index in [9.17, 15) is 4.79 Å². The molecule has 1 aromatic heterocycles. The molecule has 1 aliphatic heterocycles. The summed E-state index contributed by atoms with van der Waals surface area (Å²) < 4.78 is 0. The zero-order valence-electron chi connectivity index (χ0n) is 16.1. The van der Waals surface area contributed by atoms with Gasteiger partial charge in [0.2, 0.25) is 5.01 Å². The first kappa shape index (κ1) is 21.8. The van der Waals surface area contributed by atoms with Crippen molar-refractivity contribution in [3.63, 3.8) is 0 Å². The van der Waals surface area contributed by atoms with Gasteiger partial charge in [-0.05, 0) is 36.0 Å². The number of nitrogens with zero attached hydrogens (tertiary/aromatic N) is 3. The normalized spacial score (nSPS) is 19.3. The quantitative estimate of drug-likeness (QED) is 0.791. The molecule has 3 N–H and O–H groups in total. The molecular formula is C19H28ClN5OS. The Balaban J connectivity index is 0.00000261. The molecule has 2 heterocycles. The van der Waals surface area contributed by atoms with Gasteiger partial charge in [0.25, 0.3) is 5.91 Å². The van der Waals surface area contributed by atoms with Crippen LogP contribution in [0.3, 0.4) is 0 Å². The van der Waals surface area contributed by atoms with Gasteiger partial charge in [0.05, 0.1) is 6.54 Å². The summed E-state index contributed by atoms with van der Waals surface area (Å²) in [7, 11) is 0. The molecule has 1 aromatic carbocycles. The minimum atomic E-state index is -0.209. The minimum absolute atomic E-state index is 0. The number of nitrogens with two attached hydrogens (primary N) is 1. The molecule has 8 heteroatoms. The second-order valence-corrected chi connectivity index (χ2v) is 8.66. The molecule has 6 nitrogen and oxygen atoms in total. The van der Waals surface area contributed by atoms with Gasteiger partial charge in [0.1, 0.15) is 5.01 Å². The second kappa shape index (κ2) is 9.10. The second-order valence-electron chi connectivity index (χ2n) is 7.60. The average molecular weight is 410 g/mol. The van der Waals surface area contributed by atoms with Gasteiger partial charge in [0, 0.05) is 24.8 Å². The first-order chi connectivity index (χ1) is 12.4. The van der Waals surface area contributed by atoms with E-state index in [1.165, 1.54) is 16.9 Å². The number of benzene rings is 1. The van der Waals surface area contributed by atoms with Crippen LogP contribution < -0.4 is 11.1 Å². The molecule has 0 saturated carbocycles. The third-order valence-corrected chi connectivity index (χ3v) is 5.94. The van der Waals surface area contributed by atoms with E-state index >= 15 is 0 Å². The van der Waals surface area contributed by atoms with Crippen molar-refractivity contribution in [1.82, 2.24) is 15.1 Å². The summed E-state index contributed by atoms with van der Waals surface area (Å²) in [4.78, 5) is 14.7. The highest BCUT2D eigenvalue weighted by Crippen LogP contribution is 2.29. The molecule has 1 fully saturated rings. The number of amides is 1. The van der Waals surface area contributed by atoms with Crippen LogP contribution >= 0.6 is 23.7 Å². The van der Waals surface area contributed by atoms with Crippen molar-refractivity contribution in [2.75, 3.05) is 18.4 Å². The number of rotatable bonds is 5. The van der Waals surface area contributed by atoms with Crippen molar-refractivity contribution >= 4 is 35.3 Å². The van der Waals surface area contributed by atoms with Crippen molar-refractivity contribution in [1.29, 1.82) is 0 Å². The fourth-order valence-electron chi connectivity index (χ4n) is 3.23. The maximum absolute atomic E-state index is 12.4. The van der Waals surface area contributed by atoms with Crippen LogP contribution in [0.4, 0.5) is 5.69 Å². The Bertz CT molecular complexity index is 762. The van der Waals surface area contributed by atoms with Crippen LogP contribution in [-0.4, -0.2) is 40.1 Å². The Hall–Kier alpha value is -1.54. The number of carbonyl (C=O) groups excluding carboxylic acids is 1. The highest BCUT2D eigenvalue weighted by molar-refractivity contribution is 7.13. The van der Waals surface area contributed by atoms with Crippen LogP contribution in [0, 0.1) is 5.41 Å². The van der Waals surface area contributed by atoms with Crippen LogP contribution in [0.2, 0.25) is 0 Å². The Morgan fingerprint density at radius 1 is 1.33 bits per heavy atom. The number of nitrogens with one attached hydrogen (secondary N) is 1. The van der Waals surface area contributed by atoms with E-state index in [2.05, 4.69) is 41.2 Å². The SMILES string of the molecule is CCc1ccc(NC(=O)c2nnc(CN3CCC(N)C(C)(C)C3)s2)cc1.Cl. The summed E-state index contributed by atoms with van der Waals surface area (Å²) in [6.45, 7) is 9.10. The summed E-state index contributed by atoms with van der Waals surface area (Å²) in [6, 6.07) is 8.09. The van der Waals surface area contributed by atoms with Gasteiger partial charge in [0.15, 0.2) is 0 Å². The molecular weight excluding hydrogens is 382 g/mol. The van der Waals surface area contributed by atoms with Gasteiger partial charge in [-0.25, -0.2) is 0 Å². The molecule has 2 aromatic rings. The van der Waals surface area contributed by atoms with Crippen molar-refractivity contribution in [3.05, 3.63) is 39.8 Å². The first-order valence-corrected chi connectivity index (χ1v) is 9.89. The predicted molar refractivity (Wildman–Crippen MR) is 113 cm³/mol. The molecule has 1 unspecified atom stereocenters. The average Bonchev–Trinajstić information content (AvgIpc) is 3.07. The van der Waals surface area contributed by atoms with Gasteiger partial charge in [-0.2, -0.15) is 0 Å². The molecule has 0 bridgehead atoms. The highest BCUT2D eigenvalue weighted by Gasteiger charge is 2.33. The number of likely N-dealkylation sites (tertiary alicyclic amines) is 1. The van der Waals surface area contributed by atoms with E-state index in [0.717, 1.165) is 36.6 Å². The van der Waals surface area contributed by atoms with E-state index in [1.54, 1.807) is 0 Å². The fourth-order valence-corrected chi connectivity index (χ4v) is 4.01. The molecule has 1 saturated heterocycles. The number of aromatic nitrogens is 2. The lowest BCUT2D eigenvalue weighted by Crippen LogP contribution is -2.52. The first-order valence-electron chi connectivity index (χ1n) is 9.08. The summed E-state index contributed by atoms with van der Waals surface area (Å²) in [6.07, 6.45) is 1.96. The van der Waals surface area contributed by atoms with Crippen molar-refractivity contribution in [2.45, 2.75) is 46.2 Å². The standard InChI is InChI=1S/C19H27N5OS.ClH/c1-4-13-5-7-14(8-6-13)21-17(25)18-23-22-16(26-18)11-24-10-9-15(20)19(2,3)12-24;/h5-8,15H,4,9-12,20H2,1-3H3,(H,21,25);1H. The molecule has 1 aliphatic rings. The lowest BCUT2D eigenvalue weighted by Gasteiger charge is -2.42. The van der Waals surface area contributed by atoms with Gasteiger partial charge in [-0.15, -0.1) is 22.6 Å². The Kier molecular flexibility index (Phi) is 7.33. The highest BCUT2D eigenvalue weighted by atomic mass is 35.5. The Labute approximate surface area is 171 Å². The summed E-state index contributed by atoms with van der Waals surface area (Å²) >= 11 is 1.36. The number of hydrogen-bond donors (Lipinski definition) is 2. The number of anilines is 1. The van der Waals surface area contributed by atoms with Crippen LogP contribution in [0.1, 0.15) is 47.6 Å². The number of aryl methyl sites for hydroxylation is 1. The maximum Gasteiger partial charge on any atom is 0.286 e. The molecule has 148 valence electrons. The van der Waals surface area contributed by atoms with Crippen molar-refractivity contribution < 1.29 is 4.79 Å². The zero-order chi connectivity index (χ0) is 18.7. The molecule has 0 spiro atoms. The monoisotopic (exact) mass is 409 g/mol. The predicted octanol–water partition coefficient (Wildman–Crippen LogP) is 3.33. The van der Waals surface area contributed by atoms with Crippen molar-refractivity contribution in [3.8, 4) is 0 Å². The van der Waals surface area contributed by atoms with E-state index in [0.29, 0.717) is 11.6 Å². The van der Waals surface area contributed by atoms with Gasteiger partial charge in [-0.3, -0.25) is 9.69 Å². The smallest absolute Gasteiger partial charge is 0.286 e. The molecule has 0 aliphatic carbocycles. The van der Waals surface area contributed by atoms with E-state index in [-0.39, 0.29) is 29.8 Å². The van der Waals surface area contributed by atoms with E-state index in [4.69, 9.17) is 5.73 Å². The van der Waals surface area contributed by atoms with Crippen LogP contribution in [0.15, 0.2) is 24.3 Å². The third kappa shape index (κ3) is 5.48. The lowest BCUT2D eigenvalue weighted by molar-refractivity contribution is 0.0896. The number of piperidine rings is 1. The molecule has 0 radical (unpaired) electrons. The van der Waals surface area contributed by atoms with Crippen LogP contribution in [-0.2, 0) is 13.0 Å². The summed E-state index contributed by atoms with van der Waals surface area (Å²) in [5.41, 5.74) is 8.30. The number of halogens is 1. The molecule has 3 rings (SSSR count). The zero-order valence-corrected chi connectivity index (χ0v) is 17.7. The minimum Gasteiger partial charge on any atom is -0.327 e. The third-order valence-electron chi connectivity index (χ3n) is 5.03. The van der Waals surface area contributed by atoms with Crippen molar-refractivity contribution in [2.24, 2.45) is 11.1 Å². The number of hydrogen-bond acceptors (Lipinski definition) is 6. The maximum atomic E-state index is 12.4. The lowest BCUT2D eigenvalue weighted by atomic mass is 9.80.